The Hall–Kier alpha value is -1.06. The largest absolute Gasteiger partial charge is 0.384 e. The summed E-state index contributed by atoms with van der Waals surface area (Å²) in [6, 6.07) is 7.54. The predicted octanol–water partition coefficient (Wildman–Crippen LogP) is 2.18. The van der Waals surface area contributed by atoms with Gasteiger partial charge in [0.05, 0.1) is 0 Å². The van der Waals surface area contributed by atoms with Crippen LogP contribution in [0.2, 0.25) is 0 Å². The Balaban J connectivity index is 1.63. The van der Waals surface area contributed by atoms with E-state index in [0.717, 1.165) is 19.1 Å². The zero-order chi connectivity index (χ0) is 13.2. The number of fused-ring (bicyclic) bond motifs is 1. The van der Waals surface area contributed by atoms with Crippen LogP contribution in [0.15, 0.2) is 18.2 Å². The third-order valence-corrected chi connectivity index (χ3v) is 4.61. The van der Waals surface area contributed by atoms with Crippen LogP contribution in [0.5, 0.6) is 0 Å². The van der Waals surface area contributed by atoms with Crippen molar-refractivity contribution in [2.45, 2.75) is 31.8 Å². The van der Waals surface area contributed by atoms with Gasteiger partial charge in [0.25, 0.3) is 0 Å². The quantitative estimate of drug-likeness (QED) is 0.897. The van der Waals surface area contributed by atoms with Crippen LogP contribution in [-0.2, 0) is 13.0 Å². The maximum Gasteiger partial charge on any atom is 0.0419 e. The van der Waals surface area contributed by atoms with Gasteiger partial charge in [-0.1, -0.05) is 18.2 Å². The second-order valence-electron chi connectivity index (χ2n) is 6.10. The van der Waals surface area contributed by atoms with Gasteiger partial charge in [-0.2, -0.15) is 0 Å². The average molecular weight is 259 g/mol. The molecule has 19 heavy (non-hydrogen) atoms. The van der Waals surface area contributed by atoms with Gasteiger partial charge in [0.2, 0.25) is 0 Å². The summed E-state index contributed by atoms with van der Waals surface area (Å²) in [4.78, 5) is 4.98. The maximum atomic E-state index is 3.55. The molecule has 0 spiro atoms. The fourth-order valence-electron chi connectivity index (χ4n) is 3.38. The number of anilines is 1. The number of nitrogens with zero attached hydrogens (tertiary/aromatic N) is 2. The van der Waals surface area contributed by atoms with Gasteiger partial charge in [-0.05, 0) is 57.6 Å². The number of hydrogen-bond acceptors (Lipinski definition) is 3. The Morgan fingerprint density at radius 2 is 2.05 bits per heavy atom. The van der Waals surface area contributed by atoms with Gasteiger partial charge < -0.3 is 10.2 Å². The van der Waals surface area contributed by atoms with Crippen molar-refractivity contribution in [1.29, 1.82) is 0 Å². The first-order chi connectivity index (χ1) is 9.24. The van der Waals surface area contributed by atoms with Crippen LogP contribution >= 0.6 is 0 Å². The molecule has 1 saturated heterocycles. The summed E-state index contributed by atoms with van der Waals surface area (Å²) in [6.07, 6.45) is 3.79. The topological polar surface area (TPSA) is 18.5 Å². The van der Waals surface area contributed by atoms with E-state index in [1.54, 1.807) is 0 Å². The Morgan fingerprint density at radius 1 is 1.26 bits per heavy atom. The Kier molecular flexibility index (Phi) is 3.76. The van der Waals surface area contributed by atoms with Crippen LogP contribution in [0.1, 0.15) is 24.0 Å². The highest BCUT2D eigenvalue weighted by molar-refractivity contribution is 5.61. The number of benzene rings is 1. The summed E-state index contributed by atoms with van der Waals surface area (Å²) in [6.45, 7) is 4.67. The zero-order valence-corrected chi connectivity index (χ0v) is 12.2. The number of piperidine rings is 1. The van der Waals surface area contributed by atoms with Crippen LogP contribution in [0, 0.1) is 0 Å². The molecule has 0 aromatic heterocycles. The first-order valence-corrected chi connectivity index (χ1v) is 7.47. The lowest BCUT2D eigenvalue weighted by atomic mass is 10.0. The van der Waals surface area contributed by atoms with Gasteiger partial charge in [-0.3, -0.25) is 4.90 Å². The van der Waals surface area contributed by atoms with Crippen molar-refractivity contribution in [2.24, 2.45) is 0 Å². The molecule has 1 aromatic rings. The molecule has 1 fully saturated rings. The molecule has 2 aliphatic rings. The minimum Gasteiger partial charge on any atom is -0.384 e. The zero-order valence-electron chi connectivity index (χ0n) is 12.2. The van der Waals surface area contributed by atoms with E-state index in [2.05, 4.69) is 47.4 Å². The highest BCUT2D eigenvalue weighted by Gasteiger charge is 2.22. The Labute approximate surface area is 116 Å². The molecule has 2 heterocycles. The summed E-state index contributed by atoms with van der Waals surface area (Å²) in [5.74, 6) is 0. The Morgan fingerprint density at radius 3 is 2.79 bits per heavy atom. The molecule has 3 heteroatoms. The SMILES string of the molecule is CN(C)C1CCN(Cc2cccc3c2NCC3)CC1. The van der Waals surface area contributed by atoms with Crippen molar-refractivity contribution >= 4 is 5.69 Å². The highest BCUT2D eigenvalue weighted by Crippen LogP contribution is 2.28. The maximum absolute atomic E-state index is 3.55. The first kappa shape index (κ1) is 12.9. The van der Waals surface area contributed by atoms with E-state index in [0.29, 0.717) is 0 Å². The molecule has 0 radical (unpaired) electrons. The van der Waals surface area contributed by atoms with Gasteiger partial charge in [-0.15, -0.1) is 0 Å². The third-order valence-electron chi connectivity index (χ3n) is 4.61. The molecular weight excluding hydrogens is 234 g/mol. The summed E-state index contributed by atoms with van der Waals surface area (Å²) in [5.41, 5.74) is 4.40. The lowest BCUT2D eigenvalue weighted by molar-refractivity contribution is 0.140. The van der Waals surface area contributed by atoms with Crippen molar-refractivity contribution in [1.82, 2.24) is 9.80 Å². The fraction of sp³-hybridized carbons (Fsp3) is 0.625. The predicted molar refractivity (Wildman–Crippen MR) is 80.6 cm³/mol. The highest BCUT2D eigenvalue weighted by atomic mass is 15.2. The fourth-order valence-corrected chi connectivity index (χ4v) is 3.38. The second-order valence-corrected chi connectivity index (χ2v) is 6.10. The average Bonchev–Trinajstić information content (AvgIpc) is 2.89. The van der Waals surface area contributed by atoms with Crippen LogP contribution in [0.4, 0.5) is 5.69 Å². The minimum atomic E-state index is 0.774. The molecule has 1 N–H and O–H groups in total. The van der Waals surface area contributed by atoms with Crippen LogP contribution in [0.25, 0.3) is 0 Å². The number of nitrogens with one attached hydrogen (secondary N) is 1. The summed E-state index contributed by atoms with van der Waals surface area (Å²) in [7, 11) is 4.41. The number of para-hydroxylation sites is 1. The standard InChI is InChI=1S/C16H25N3/c1-18(2)15-7-10-19(11-8-15)12-14-5-3-4-13-6-9-17-16(13)14/h3-5,15,17H,6-12H2,1-2H3. The van der Waals surface area contributed by atoms with Crippen LogP contribution < -0.4 is 5.32 Å². The van der Waals surface area contributed by atoms with Gasteiger partial charge >= 0.3 is 0 Å². The van der Waals surface area contributed by atoms with Gasteiger partial charge in [-0.25, -0.2) is 0 Å². The molecular formula is C16H25N3. The summed E-state index contributed by atoms with van der Waals surface area (Å²) >= 11 is 0. The van der Waals surface area contributed by atoms with Crippen molar-refractivity contribution < 1.29 is 0 Å². The van der Waals surface area contributed by atoms with Crippen molar-refractivity contribution in [3.63, 3.8) is 0 Å². The van der Waals surface area contributed by atoms with E-state index in [1.807, 2.05) is 0 Å². The number of hydrogen-bond donors (Lipinski definition) is 1. The smallest absolute Gasteiger partial charge is 0.0419 e. The molecule has 0 aliphatic carbocycles. The van der Waals surface area contributed by atoms with Gasteiger partial charge in [0.1, 0.15) is 0 Å². The van der Waals surface area contributed by atoms with Crippen molar-refractivity contribution in [2.75, 3.05) is 39.0 Å². The van der Waals surface area contributed by atoms with E-state index < -0.39 is 0 Å². The molecule has 104 valence electrons. The Bertz CT molecular complexity index is 434. The molecule has 1 aromatic carbocycles. The van der Waals surface area contributed by atoms with Gasteiger partial charge in [0, 0.05) is 24.8 Å². The van der Waals surface area contributed by atoms with E-state index in [-0.39, 0.29) is 0 Å². The van der Waals surface area contributed by atoms with E-state index in [4.69, 9.17) is 0 Å². The molecule has 0 bridgehead atoms. The van der Waals surface area contributed by atoms with Gasteiger partial charge in [0.15, 0.2) is 0 Å². The number of likely N-dealkylation sites (tertiary alicyclic amines) is 1. The lowest BCUT2D eigenvalue weighted by Crippen LogP contribution is -2.41. The van der Waals surface area contributed by atoms with E-state index in [1.165, 1.54) is 49.2 Å². The first-order valence-electron chi connectivity index (χ1n) is 7.47. The lowest BCUT2D eigenvalue weighted by Gasteiger charge is -2.35. The summed E-state index contributed by atoms with van der Waals surface area (Å²) < 4.78 is 0. The second kappa shape index (κ2) is 5.51. The van der Waals surface area contributed by atoms with Crippen molar-refractivity contribution in [3.8, 4) is 0 Å². The molecule has 0 unspecified atom stereocenters. The molecule has 0 atom stereocenters. The monoisotopic (exact) mass is 259 g/mol. The van der Waals surface area contributed by atoms with E-state index in [9.17, 15) is 0 Å². The molecule has 3 nitrogen and oxygen atoms in total. The normalized spacial score (nSPS) is 20.6. The van der Waals surface area contributed by atoms with E-state index >= 15 is 0 Å². The molecule has 2 aliphatic heterocycles. The van der Waals surface area contributed by atoms with Crippen molar-refractivity contribution in [3.05, 3.63) is 29.3 Å². The van der Waals surface area contributed by atoms with Crippen LogP contribution in [0.3, 0.4) is 0 Å². The number of rotatable bonds is 3. The minimum absolute atomic E-state index is 0.774. The molecule has 0 saturated carbocycles. The molecule has 0 amide bonds. The summed E-state index contributed by atoms with van der Waals surface area (Å²) in [5, 5.41) is 3.55. The molecule has 3 rings (SSSR count). The third kappa shape index (κ3) is 2.77. The van der Waals surface area contributed by atoms with Crippen LogP contribution in [-0.4, -0.2) is 49.6 Å².